The van der Waals surface area contributed by atoms with E-state index in [9.17, 15) is 5.11 Å². The van der Waals surface area contributed by atoms with Gasteiger partial charge in [0, 0.05) is 17.0 Å². The average molecular weight is 327 g/mol. The lowest BCUT2D eigenvalue weighted by Gasteiger charge is -2.11. The van der Waals surface area contributed by atoms with Crippen molar-refractivity contribution in [1.82, 2.24) is 9.97 Å². The van der Waals surface area contributed by atoms with E-state index < -0.39 is 6.10 Å². The normalized spacial score (nSPS) is 12.6. The van der Waals surface area contributed by atoms with Gasteiger partial charge in [-0.25, -0.2) is 9.97 Å². The highest BCUT2D eigenvalue weighted by atomic mass is 32.1. The van der Waals surface area contributed by atoms with Gasteiger partial charge in [0.2, 0.25) is 0 Å². The Labute approximate surface area is 140 Å². The highest BCUT2D eigenvalue weighted by molar-refractivity contribution is 7.19. The maximum Gasteiger partial charge on any atom is 0.138 e. The average Bonchev–Trinajstić information content (AvgIpc) is 2.84. The quantitative estimate of drug-likeness (QED) is 0.758. The van der Waals surface area contributed by atoms with Crippen LogP contribution >= 0.6 is 11.3 Å². The summed E-state index contributed by atoms with van der Waals surface area (Å²) in [5, 5.41) is 13.8. The molecule has 1 atom stereocenters. The van der Waals surface area contributed by atoms with Gasteiger partial charge in [-0.15, -0.1) is 11.3 Å². The topological polar surface area (TPSA) is 58.0 Å². The molecule has 0 amide bonds. The number of nitrogens with one attached hydrogen (secondary N) is 1. The molecule has 0 aliphatic rings. The van der Waals surface area contributed by atoms with Crippen molar-refractivity contribution in [2.24, 2.45) is 0 Å². The number of thiophene rings is 1. The Kier molecular flexibility index (Phi) is 4.33. The van der Waals surface area contributed by atoms with Gasteiger partial charge in [-0.3, -0.25) is 0 Å². The fourth-order valence-electron chi connectivity index (χ4n) is 2.67. The summed E-state index contributed by atoms with van der Waals surface area (Å²) in [6, 6.07) is 6.53. The molecule has 0 saturated carbocycles. The van der Waals surface area contributed by atoms with Gasteiger partial charge in [0.25, 0.3) is 0 Å². The van der Waals surface area contributed by atoms with Gasteiger partial charge in [-0.2, -0.15) is 0 Å². The maximum absolute atomic E-state index is 9.54. The molecule has 3 aromatic rings. The molecule has 0 saturated heterocycles. The SMILES string of the molecule is Cc1ccc(-c2c(C)sc3ncnc(NCC(C)O)c23)cc1C. The molecular formula is C18H21N3OS. The lowest BCUT2D eigenvalue weighted by molar-refractivity contribution is 0.208. The van der Waals surface area contributed by atoms with E-state index in [0.717, 1.165) is 16.0 Å². The van der Waals surface area contributed by atoms with Crippen LogP contribution in [0, 0.1) is 20.8 Å². The Balaban J connectivity index is 2.19. The molecule has 0 radical (unpaired) electrons. The zero-order chi connectivity index (χ0) is 16.6. The third-order valence-corrected chi connectivity index (χ3v) is 5.04. The van der Waals surface area contributed by atoms with Crippen molar-refractivity contribution in [2.75, 3.05) is 11.9 Å². The molecule has 2 aromatic heterocycles. The molecule has 0 spiro atoms. The lowest BCUT2D eigenvalue weighted by atomic mass is 9.99. The number of fused-ring (bicyclic) bond motifs is 1. The first kappa shape index (κ1) is 15.9. The minimum Gasteiger partial charge on any atom is -0.392 e. The van der Waals surface area contributed by atoms with Crippen molar-refractivity contribution in [2.45, 2.75) is 33.8 Å². The first-order valence-corrected chi connectivity index (χ1v) is 8.52. The molecular weight excluding hydrogens is 306 g/mol. The number of aliphatic hydroxyl groups excluding tert-OH is 1. The van der Waals surface area contributed by atoms with Crippen LogP contribution < -0.4 is 5.32 Å². The largest absolute Gasteiger partial charge is 0.392 e. The van der Waals surface area contributed by atoms with E-state index in [1.54, 1.807) is 24.6 Å². The molecule has 2 heterocycles. The number of aryl methyl sites for hydroxylation is 3. The lowest BCUT2D eigenvalue weighted by Crippen LogP contribution is -2.16. The monoisotopic (exact) mass is 327 g/mol. The van der Waals surface area contributed by atoms with Crippen molar-refractivity contribution in [3.05, 3.63) is 40.5 Å². The summed E-state index contributed by atoms with van der Waals surface area (Å²) in [6.07, 6.45) is 1.15. The van der Waals surface area contributed by atoms with Crippen molar-refractivity contribution >= 4 is 27.4 Å². The van der Waals surface area contributed by atoms with Crippen LogP contribution in [0.5, 0.6) is 0 Å². The Bertz CT molecular complexity index is 855. The molecule has 23 heavy (non-hydrogen) atoms. The van der Waals surface area contributed by atoms with Crippen molar-refractivity contribution in [3.63, 3.8) is 0 Å². The van der Waals surface area contributed by atoms with E-state index >= 15 is 0 Å². The summed E-state index contributed by atoms with van der Waals surface area (Å²) < 4.78 is 0. The molecule has 5 heteroatoms. The van der Waals surface area contributed by atoms with Crippen LogP contribution in [0.2, 0.25) is 0 Å². The number of hydrogen-bond acceptors (Lipinski definition) is 5. The first-order valence-electron chi connectivity index (χ1n) is 7.71. The number of nitrogens with zero attached hydrogens (tertiary/aromatic N) is 2. The van der Waals surface area contributed by atoms with E-state index in [1.165, 1.54) is 27.1 Å². The van der Waals surface area contributed by atoms with E-state index in [0.29, 0.717) is 6.54 Å². The van der Waals surface area contributed by atoms with Crippen LogP contribution in [0.25, 0.3) is 21.3 Å². The van der Waals surface area contributed by atoms with Crippen LogP contribution in [0.3, 0.4) is 0 Å². The van der Waals surface area contributed by atoms with Crippen molar-refractivity contribution < 1.29 is 5.11 Å². The molecule has 0 aliphatic carbocycles. The van der Waals surface area contributed by atoms with Gasteiger partial charge < -0.3 is 10.4 Å². The Morgan fingerprint density at radius 3 is 2.65 bits per heavy atom. The van der Waals surface area contributed by atoms with Crippen LogP contribution in [0.1, 0.15) is 22.9 Å². The third kappa shape index (κ3) is 3.07. The van der Waals surface area contributed by atoms with Crippen LogP contribution in [0.15, 0.2) is 24.5 Å². The van der Waals surface area contributed by atoms with Crippen LogP contribution in [-0.4, -0.2) is 27.7 Å². The predicted octanol–water partition coefficient (Wildman–Crippen LogP) is 4.08. The summed E-state index contributed by atoms with van der Waals surface area (Å²) in [4.78, 5) is 11.0. The molecule has 4 nitrogen and oxygen atoms in total. The number of aliphatic hydroxyl groups is 1. The fourth-order valence-corrected chi connectivity index (χ4v) is 3.68. The summed E-state index contributed by atoms with van der Waals surface area (Å²) in [7, 11) is 0. The summed E-state index contributed by atoms with van der Waals surface area (Å²) >= 11 is 1.68. The molecule has 3 rings (SSSR count). The number of aromatic nitrogens is 2. The first-order chi connectivity index (χ1) is 11.0. The second-order valence-corrected chi connectivity index (χ2v) is 7.17. The van der Waals surface area contributed by atoms with Gasteiger partial charge in [0.05, 0.1) is 11.5 Å². The Morgan fingerprint density at radius 1 is 1.17 bits per heavy atom. The molecule has 0 fully saturated rings. The van der Waals surface area contributed by atoms with Gasteiger partial charge in [-0.1, -0.05) is 18.2 Å². The Hall–Kier alpha value is -1.98. The van der Waals surface area contributed by atoms with Crippen molar-refractivity contribution in [1.29, 1.82) is 0 Å². The summed E-state index contributed by atoms with van der Waals surface area (Å²) in [5.74, 6) is 0.786. The molecule has 2 N–H and O–H groups in total. The van der Waals surface area contributed by atoms with Crippen molar-refractivity contribution in [3.8, 4) is 11.1 Å². The second-order valence-electron chi connectivity index (χ2n) is 5.96. The second kappa shape index (κ2) is 6.26. The minimum atomic E-state index is -0.426. The zero-order valence-corrected chi connectivity index (χ0v) is 14.7. The van der Waals surface area contributed by atoms with E-state index in [-0.39, 0.29) is 0 Å². The van der Waals surface area contributed by atoms with Crippen LogP contribution in [-0.2, 0) is 0 Å². The molecule has 1 unspecified atom stereocenters. The summed E-state index contributed by atoms with van der Waals surface area (Å²) in [5.41, 5.74) is 4.93. The molecule has 0 bridgehead atoms. The maximum atomic E-state index is 9.54. The highest BCUT2D eigenvalue weighted by Crippen LogP contribution is 2.40. The summed E-state index contributed by atoms with van der Waals surface area (Å²) in [6.45, 7) is 8.60. The number of benzene rings is 1. The third-order valence-electron chi connectivity index (χ3n) is 4.02. The van der Waals surface area contributed by atoms with Gasteiger partial charge in [-0.05, 0) is 44.4 Å². The standard InChI is InChI=1S/C18H21N3OS/c1-10-5-6-14(7-11(10)2)15-13(4)23-18-16(15)17(20-9-21-18)19-8-12(3)22/h5-7,9,12,22H,8H2,1-4H3,(H,19,20,21). The Morgan fingerprint density at radius 2 is 1.96 bits per heavy atom. The smallest absolute Gasteiger partial charge is 0.138 e. The fraction of sp³-hybridized carbons (Fsp3) is 0.333. The number of anilines is 1. The molecule has 0 aliphatic heterocycles. The minimum absolute atomic E-state index is 0.426. The van der Waals surface area contributed by atoms with Gasteiger partial charge in [0.15, 0.2) is 0 Å². The van der Waals surface area contributed by atoms with Crippen LogP contribution in [0.4, 0.5) is 5.82 Å². The zero-order valence-electron chi connectivity index (χ0n) is 13.8. The van der Waals surface area contributed by atoms with Gasteiger partial charge in [0.1, 0.15) is 17.0 Å². The van der Waals surface area contributed by atoms with Gasteiger partial charge >= 0.3 is 0 Å². The predicted molar refractivity (Wildman–Crippen MR) is 97.2 cm³/mol. The van der Waals surface area contributed by atoms with E-state index in [2.05, 4.69) is 54.3 Å². The van der Waals surface area contributed by atoms with E-state index in [4.69, 9.17) is 0 Å². The molecule has 1 aromatic carbocycles. The van der Waals surface area contributed by atoms with E-state index in [1.807, 2.05) is 0 Å². The molecule has 120 valence electrons. The number of rotatable bonds is 4. The number of hydrogen-bond donors (Lipinski definition) is 2. The highest BCUT2D eigenvalue weighted by Gasteiger charge is 2.17.